The number of aromatic nitrogens is 3. The summed E-state index contributed by atoms with van der Waals surface area (Å²) in [6, 6.07) is -0.232. The maximum Gasteiger partial charge on any atom is 0.320 e. The molecule has 212 valence electrons. The highest BCUT2D eigenvalue weighted by Gasteiger charge is 2.48. The Morgan fingerprint density at radius 3 is 2.39 bits per heavy atom. The van der Waals surface area contributed by atoms with Gasteiger partial charge in [-0.15, -0.1) is 0 Å². The van der Waals surface area contributed by atoms with E-state index in [4.69, 9.17) is 4.74 Å². The number of carbonyl (C=O) groups is 2. The molecule has 1 aliphatic carbocycles. The molecular formula is C33H36N4O4. The van der Waals surface area contributed by atoms with Gasteiger partial charge in [-0.05, 0) is 67.2 Å². The monoisotopic (exact) mass is 552 g/mol. The molecule has 2 aliphatic heterocycles. The lowest BCUT2D eigenvalue weighted by Gasteiger charge is -2.24. The third-order valence-corrected chi connectivity index (χ3v) is 9.47. The van der Waals surface area contributed by atoms with Crippen LogP contribution in [0.1, 0.15) is 70.0 Å². The number of Topliss-reactive ketones (excluding diaryl/α,β-unsaturated/α-hetero) is 1. The molecule has 3 aliphatic rings. The van der Waals surface area contributed by atoms with Crippen molar-refractivity contribution in [2.45, 2.75) is 47.1 Å². The Kier molecular flexibility index (Phi) is 6.25. The molecule has 3 aromatic heterocycles. The lowest BCUT2D eigenvalue weighted by molar-refractivity contribution is -0.141. The van der Waals surface area contributed by atoms with E-state index in [1.54, 1.807) is 0 Å². The molecule has 1 saturated heterocycles. The Labute approximate surface area is 237 Å². The Balaban J connectivity index is 1.76. The number of methoxy groups -OCH3 is 1. The number of aromatic amines is 3. The Bertz CT molecular complexity index is 1930. The number of carbonyl (C=O) groups excluding carboxylic acids is 2. The predicted octanol–water partition coefficient (Wildman–Crippen LogP) is 2.32. The number of fused-ring (bicyclic) bond motifs is 8. The SMILES string of the molecule is C=Cc1c2[nH]c(c1C)/C=C1/NC(C3=c4[nH]/c(c(C)c4C(=O)[C@@H]3C(=O)OC)=C\c3[nH]c(/c(=C/O)c3C)=C\2)[C@@H](CC)[C@@H]1C. The van der Waals surface area contributed by atoms with E-state index < -0.39 is 11.9 Å². The molecule has 8 bridgehead atoms. The summed E-state index contributed by atoms with van der Waals surface area (Å²) in [5.74, 6) is -1.47. The van der Waals surface area contributed by atoms with Crippen LogP contribution in [0, 0.1) is 38.5 Å². The molecule has 5 heterocycles. The molecule has 5 N–H and O–H groups in total. The van der Waals surface area contributed by atoms with Crippen LogP contribution in [0.4, 0.5) is 0 Å². The van der Waals surface area contributed by atoms with E-state index in [-0.39, 0.29) is 23.7 Å². The summed E-state index contributed by atoms with van der Waals surface area (Å²) in [6.45, 7) is 14.3. The van der Waals surface area contributed by atoms with Crippen LogP contribution < -0.4 is 26.6 Å². The number of H-pyrrole nitrogens is 3. The number of hydrogen-bond acceptors (Lipinski definition) is 5. The maximum absolute atomic E-state index is 13.9. The van der Waals surface area contributed by atoms with Crippen LogP contribution in [0.25, 0.3) is 36.1 Å². The van der Waals surface area contributed by atoms with Crippen molar-refractivity contribution in [1.29, 1.82) is 0 Å². The molecule has 8 heteroatoms. The van der Waals surface area contributed by atoms with Gasteiger partial charge in [-0.25, -0.2) is 0 Å². The summed E-state index contributed by atoms with van der Waals surface area (Å²) in [6.07, 6.45) is 9.90. The molecule has 3 aromatic rings. The minimum absolute atomic E-state index is 0.152. The van der Waals surface area contributed by atoms with Crippen LogP contribution in [0.15, 0.2) is 12.3 Å². The van der Waals surface area contributed by atoms with Crippen molar-refractivity contribution < 1.29 is 19.4 Å². The van der Waals surface area contributed by atoms with Gasteiger partial charge in [0.05, 0.1) is 30.1 Å². The fourth-order valence-electron chi connectivity index (χ4n) is 7.10. The summed E-state index contributed by atoms with van der Waals surface area (Å²) < 4.78 is 5.17. The number of allylic oxidation sites excluding steroid dienone is 1. The van der Waals surface area contributed by atoms with Crippen molar-refractivity contribution in [2.75, 3.05) is 7.11 Å². The Hall–Kier alpha value is -4.46. The summed E-state index contributed by atoms with van der Waals surface area (Å²) in [5, 5.41) is 16.8. The van der Waals surface area contributed by atoms with Crippen molar-refractivity contribution in [3.63, 3.8) is 0 Å². The van der Waals surface area contributed by atoms with Crippen molar-refractivity contribution in [3.05, 3.63) is 78.4 Å². The number of esters is 1. The molecule has 1 fully saturated rings. The molecule has 0 saturated carbocycles. The van der Waals surface area contributed by atoms with Crippen LogP contribution in [0.5, 0.6) is 0 Å². The van der Waals surface area contributed by atoms with Crippen LogP contribution in [-0.4, -0.2) is 45.0 Å². The normalized spacial score (nSPS) is 26.1. The third kappa shape index (κ3) is 3.73. The van der Waals surface area contributed by atoms with Crippen molar-refractivity contribution >= 4 is 47.9 Å². The van der Waals surface area contributed by atoms with E-state index in [0.717, 1.165) is 74.0 Å². The average Bonchev–Trinajstić information content (AvgIpc) is 3.69. The summed E-state index contributed by atoms with van der Waals surface area (Å²) in [5.41, 5.74) is 8.63. The zero-order chi connectivity index (χ0) is 29.3. The van der Waals surface area contributed by atoms with Gasteiger partial charge in [-0.2, -0.15) is 0 Å². The van der Waals surface area contributed by atoms with Crippen molar-refractivity contribution in [3.8, 4) is 0 Å². The fraction of sp³-hybridized carbons (Fsp3) is 0.333. The molecule has 0 spiro atoms. The first-order chi connectivity index (χ1) is 19.6. The van der Waals surface area contributed by atoms with Gasteiger partial charge in [0.2, 0.25) is 0 Å². The minimum Gasteiger partial charge on any atom is -0.515 e. The van der Waals surface area contributed by atoms with Crippen LogP contribution in [0.3, 0.4) is 0 Å². The molecule has 41 heavy (non-hydrogen) atoms. The molecule has 8 nitrogen and oxygen atoms in total. The zero-order valence-electron chi connectivity index (χ0n) is 24.3. The highest BCUT2D eigenvalue weighted by Crippen LogP contribution is 2.41. The molecule has 0 aromatic carbocycles. The quantitative estimate of drug-likeness (QED) is 0.252. The van der Waals surface area contributed by atoms with Gasteiger partial charge in [0.1, 0.15) is 5.92 Å². The van der Waals surface area contributed by atoms with Crippen molar-refractivity contribution in [1.82, 2.24) is 20.3 Å². The highest BCUT2D eigenvalue weighted by molar-refractivity contribution is 6.19. The average molecular weight is 553 g/mol. The van der Waals surface area contributed by atoms with Gasteiger partial charge in [0.25, 0.3) is 0 Å². The van der Waals surface area contributed by atoms with Gasteiger partial charge in [0.15, 0.2) is 5.78 Å². The number of rotatable bonds is 3. The minimum atomic E-state index is -0.999. The second-order valence-corrected chi connectivity index (χ2v) is 11.4. The first kappa shape index (κ1) is 26.7. The lowest BCUT2D eigenvalue weighted by atomic mass is 9.81. The predicted molar refractivity (Wildman–Crippen MR) is 160 cm³/mol. The molecule has 0 radical (unpaired) electrons. The third-order valence-electron chi connectivity index (χ3n) is 9.47. The molecular weight excluding hydrogens is 516 g/mol. The topological polar surface area (TPSA) is 123 Å². The van der Waals surface area contributed by atoms with E-state index in [0.29, 0.717) is 16.1 Å². The van der Waals surface area contributed by atoms with E-state index >= 15 is 0 Å². The highest BCUT2D eigenvalue weighted by atomic mass is 16.5. The van der Waals surface area contributed by atoms with Gasteiger partial charge in [0, 0.05) is 50.4 Å². The van der Waals surface area contributed by atoms with E-state index in [1.807, 2.05) is 32.1 Å². The number of ketones is 1. The smallest absolute Gasteiger partial charge is 0.320 e. The Morgan fingerprint density at radius 1 is 1.02 bits per heavy atom. The number of aliphatic hydroxyl groups is 1. The van der Waals surface area contributed by atoms with Crippen LogP contribution >= 0.6 is 0 Å². The summed E-state index contributed by atoms with van der Waals surface area (Å²) >= 11 is 0. The van der Waals surface area contributed by atoms with Crippen LogP contribution in [-0.2, 0) is 9.53 Å². The number of hydrogen-bond donors (Lipinski definition) is 5. The lowest BCUT2D eigenvalue weighted by Crippen LogP contribution is -2.37. The first-order valence-corrected chi connectivity index (χ1v) is 14.1. The second-order valence-electron chi connectivity index (χ2n) is 11.4. The fourth-order valence-corrected chi connectivity index (χ4v) is 7.10. The van der Waals surface area contributed by atoms with Crippen LogP contribution in [0.2, 0.25) is 0 Å². The summed E-state index contributed by atoms with van der Waals surface area (Å²) in [4.78, 5) is 37.6. The molecule has 1 unspecified atom stereocenters. The van der Waals surface area contributed by atoms with Gasteiger partial charge in [-0.3, -0.25) is 9.59 Å². The number of nitrogens with one attached hydrogen (secondary N) is 4. The van der Waals surface area contributed by atoms with Gasteiger partial charge >= 0.3 is 5.97 Å². The van der Waals surface area contributed by atoms with E-state index in [1.165, 1.54) is 7.11 Å². The van der Waals surface area contributed by atoms with E-state index in [9.17, 15) is 14.7 Å². The molecule has 0 amide bonds. The molecule has 4 atom stereocenters. The largest absolute Gasteiger partial charge is 0.515 e. The zero-order valence-corrected chi connectivity index (χ0v) is 24.3. The van der Waals surface area contributed by atoms with Gasteiger partial charge in [-0.1, -0.05) is 32.9 Å². The standard InChI is InChI=1S/C33H36N4O4/c1-8-18-14(3)21-10-23-15(4)19(9-2)30(36-23)28-29(33(40)41-7)32(39)27-17(6)24(37-31(27)28)11-22-16(5)20(13-38)26(35-22)12-25(18)34-21/h8,10-13,15,19,29-30,34-38H,1,9H2,2-7H3/b20-13+,23-10+,24-11-,26-12-/t15-,19-,29+,30?/m0/s1. The van der Waals surface area contributed by atoms with Gasteiger partial charge < -0.3 is 30.1 Å². The summed E-state index contributed by atoms with van der Waals surface area (Å²) in [7, 11) is 1.33. The first-order valence-electron chi connectivity index (χ1n) is 14.1. The number of aliphatic hydroxyl groups excluding tert-OH is 1. The van der Waals surface area contributed by atoms with E-state index in [2.05, 4.69) is 53.7 Å². The maximum atomic E-state index is 13.9. The molecule has 6 rings (SSSR count). The van der Waals surface area contributed by atoms with Crippen molar-refractivity contribution in [2.24, 2.45) is 17.8 Å². The number of ether oxygens (including phenoxy) is 1. The second kappa shape index (κ2) is 9.58. The Morgan fingerprint density at radius 2 is 1.73 bits per heavy atom.